The van der Waals surface area contributed by atoms with Crippen LogP contribution in [0.1, 0.15) is 58.3 Å². The number of hydrogen-bond acceptors (Lipinski definition) is 2. The SMILES string of the molecule is CCCC1(CNC2CCCC2)CCCN1. The van der Waals surface area contributed by atoms with Crippen molar-refractivity contribution in [1.82, 2.24) is 10.6 Å². The van der Waals surface area contributed by atoms with Crippen molar-refractivity contribution in [1.29, 1.82) is 0 Å². The Balaban J connectivity index is 1.78. The summed E-state index contributed by atoms with van der Waals surface area (Å²) in [5.74, 6) is 0. The highest BCUT2D eigenvalue weighted by molar-refractivity contribution is 4.95. The van der Waals surface area contributed by atoms with Crippen molar-refractivity contribution in [3.63, 3.8) is 0 Å². The van der Waals surface area contributed by atoms with Gasteiger partial charge in [-0.2, -0.15) is 0 Å². The van der Waals surface area contributed by atoms with Gasteiger partial charge in [-0.15, -0.1) is 0 Å². The van der Waals surface area contributed by atoms with Gasteiger partial charge in [-0.3, -0.25) is 0 Å². The Bertz CT molecular complexity index is 179. The van der Waals surface area contributed by atoms with E-state index < -0.39 is 0 Å². The first-order valence-corrected chi connectivity index (χ1v) is 6.83. The van der Waals surface area contributed by atoms with Gasteiger partial charge in [-0.1, -0.05) is 26.2 Å². The fraction of sp³-hybridized carbons (Fsp3) is 1.00. The largest absolute Gasteiger partial charge is 0.312 e. The first-order chi connectivity index (χ1) is 7.35. The molecule has 2 nitrogen and oxygen atoms in total. The third-order valence-electron chi connectivity index (χ3n) is 4.14. The maximum atomic E-state index is 3.79. The summed E-state index contributed by atoms with van der Waals surface area (Å²) in [7, 11) is 0. The van der Waals surface area contributed by atoms with Gasteiger partial charge in [0.2, 0.25) is 0 Å². The molecule has 0 amide bonds. The van der Waals surface area contributed by atoms with E-state index in [-0.39, 0.29) is 0 Å². The molecule has 0 aromatic heterocycles. The molecule has 0 spiro atoms. The molecular weight excluding hydrogens is 184 g/mol. The van der Waals surface area contributed by atoms with Gasteiger partial charge in [0.05, 0.1) is 0 Å². The smallest absolute Gasteiger partial charge is 0.0306 e. The van der Waals surface area contributed by atoms with Crippen LogP contribution in [0.4, 0.5) is 0 Å². The van der Waals surface area contributed by atoms with Gasteiger partial charge in [-0.25, -0.2) is 0 Å². The molecule has 0 bridgehead atoms. The molecule has 0 aromatic rings. The predicted molar refractivity (Wildman–Crippen MR) is 65.1 cm³/mol. The van der Waals surface area contributed by atoms with E-state index in [4.69, 9.17) is 0 Å². The van der Waals surface area contributed by atoms with Crippen molar-refractivity contribution >= 4 is 0 Å². The zero-order valence-corrected chi connectivity index (χ0v) is 10.1. The molecule has 1 aliphatic heterocycles. The molecule has 1 saturated heterocycles. The summed E-state index contributed by atoms with van der Waals surface area (Å²) in [5.41, 5.74) is 0.442. The summed E-state index contributed by atoms with van der Waals surface area (Å²) in [6, 6.07) is 0.820. The van der Waals surface area contributed by atoms with Crippen LogP contribution < -0.4 is 10.6 Å². The molecule has 2 fully saturated rings. The minimum atomic E-state index is 0.442. The minimum Gasteiger partial charge on any atom is -0.312 e. The van der Waals surface area contributed by atoms with Gasteiger partial charge in [0, 0.05) is 18.1 Å². The molecule has 88 valence electrons. The van der Waals surface area contributed by atoms with Crippen LogP contribution in [0.15, 0.2) is 0 Å². The van der Waals surface area contributed by atoms with Crippen molar-refractivity contribution in [3.05, 3.63) is 0 Å². The Hall–Kier alpha value is -0.0800. The molecule has 2 rings (SSSR count). The number of nitrogens with one attached hydrogen (secondary N) is 2. The molecule has 2 N–H and O–H groups in total. The van der Waals surface area contributed by atoms with Crippen LogP contribution in [0.25, 0.3) is 0 Å². The Morgan fingerprint density at radius 2 is 2.07 bits per heavy atom. The summed E-state index contributed by atoms with van der Waals surface area (Å²) in [6.07, 6.45) is 11.1. The van der Waals surface area contributed by atoms with E-state index in [9.17, 15) is 0 Å². The highest BCUT2D eigenvalue weighted by atomic mass is 15.1. The van der Waals surface area contributed by atoms with Crippen LogP contribution in [0.5, 0.6) is 0 Å². The molecule has 1 atom stereocenters. The van der Waals surface area contributed by atoms with E-state index >= 15 is 0 Å². The molecule has 2 aliphatic rings. The zero-order valence-electron chi connectivity index (χ0n) is 10.1. The second-order valence-corrected chi connectivity index (χ2v) is 5.42. The minimum absolute atomic E-state index is 0.442. The average molecular weight is 210 g/mol. The van der Waals surface area contributed by atoms with Crippen LogP contribution in [0.2, 0.25) is 0 Å². The van der Waals surface area contributed by atoms with E-state index in [0.29, 0.717) is 5.54 Å². The average Bonchev–Trinajstić information content (AvgIpc) is 2.85. The van der Waals surface area contributed by atoms with E-state index in [1.54, 1.807) is 0 Å². The van der Waals surface area contributed by atoms with Crippen molar-refractivity contribution in [2.45, 2.75) is 69.9 Å². The lowest BCUT2D eigenvalue weighted by atomic mass is 9.91. The van der Waals surface area contributed by atoms with Crippen LogP contribution >= 0.6 is 0 Å². The maximum Gasteiger partial charge on any atom is 0.0306 e. The fourth-order valence-electron chi connectivity index (χ4n) is 3.27. The second-order valence-electron chi connectivity index (χ2n) is 5.42. The topological polar surface area (TPSA) is 24.1 Å². The van der Waals surface area contributed by atoms with Crippen molar-refractivity contribution < 1.29 is 0 Å². The first-order valence-electron chi connectivity index (χ1n) is 6.83. The highest BCUT2D eigenvalue weighted by Gasteiger charge is 2.32. The predicted octanol–water partition coefficient (Wildman–Crippen LogP) is 2.44. The van der Waals surface area contributed by atoms with Crippen LogP contribution in [-0.2, 0) is 0 Å². The van der Waals surface area contributed by atoms with Gasteiger partial charge < -0.3 is 10.6 Å². The third-order valence-corrected chi connectivity index (χ3v) is 4.14. The molecule has 15 heavy (non-hydrogen) atoms. The van der Waals surface area contributed by atoms with Crippen molar-refractivity contribution in [2.24, 2.45) is 0 Å². The molecule has 1 heterocycles. The third kappa shape index (κ3) is 2.94. The lowest BCUT2D eigenvalue weighted by Gasteiger charge is -2.31. The summed E-state index contributed by atoms with van der Waals surface area (Å²) in [6.45, 7) is 4.73. The van der Waals surface area contributed by atoms with Crippen LogP contribution in [0.3, 0.4) is 0 Å². The lowest BCUT2D eigenvalue weighted by molar-refractivity contribution is 0.308. The van der Waals surface area contributed by atoms with Gasteiger partial charge >= 0.3 is 0 Å². The van der Waals surface area contributed by atoms with Crippen molar-refractivity contribution in [3.8, 4) is 0 Å². The second kappa shape index (κ2) is 5.31. The van der Waals surface area contributed by atoms with Crippen LogP contribution in [0, 0.1) is 0 Å². The molecule has 0 aromatic carbocycles. The van der Waals surface area contributed by atoms with Gasteiger partial charge in [0.15, 0.2) is 0 Å². The lowest BCUT2D eigenvalue weighted by Crippen LogP contribution is -2.50. The normalized spacial score (nSPS) is 32.6. The van der Waals surface area contributed by atoms with E-state index in [1.165, 1.54) is 64.5 Å². The molecule has 0 radical (unpaired) electrons. The Morgan fingerprint density at radius 3 is 2.67 bits per heavy atom. The monoisotopic (exact) mass is 210 g/mol. The summed E-state index contributed by atoms with van der Waals surface area (Å²) in [4.78, 5) is 0. The standard InChI is InChI=1S/C13H26N2/c1-2-8-13(9-5-10-15-13)11-14-12-6-3-4-7-12/h12,14-15H,2-11H2,1H3. The fourth-order valence-corrected chi connectivity index (χ4v) is 3.27. The van der Waals surface area contributed by atoms with E-state index in [1.807, 2.05) is 0 Å². The molecule has 2 heteroatoms. The summed E-state index contributed by atoms with van der Waals surface area (Å²) < 4.78 is 0. The zero-order chi connectivity index (χ0) is 10.6. The van der Waals surface area contributed by atoms with E-state index in [0.717, 1.165) is 6.04 Å². The number of hydrogen-bond donors (Lipinski definition) is 2. The van der Waals surface area contributed by atoms with Gasteiger partial charge in [-0.05, 0) is 38.6 Å². The Labute approximate surface area is 94.2 Å². The maximum absolute atomic E-state index is 3.79. The molecule has 1 unspecified atom stereocenters. The van der Waals surface area contributed by atoms with Crippen LogP contribution in [-0.4, -0.2) is 24.7 Å². The number of rotatable bonds is 5. The summed E-state index contributed by atoms with van der Waals surface area (Å²) >= 11 is 0. The van der Waals surface area contributed by atoms with E-state index in [2.05, 4.69) is 17.6 Å². The first kappa shape index (κ1) is 11.4. The van der Waals surface area contributed by atoms with Gasteiger partial charge in [0.1, 0.15) is 0 Å². The van der Waals surface area contributed by atoms with Crippen molar-refractivity contribution in [2.75, 3.05) is 13.1 Å². The Morgan fingerprint density at radius 1 is 1.27 bits per heavy atom. The highest BCUT2D eigenvalue weighted by Crippen LogP contribution is 2.25. The quantitative estimate of drug-likeness (QED) is 0.728. The summed E-state index contributed by atoms with van der Waals surface area (Å²) in [5, 5.41) is 7.52. The van der Waals surface area contributed by atoms with Gasteiger partial charge in [0.25, 0.3) is 0 Å². The molecule has 1 saturated carbocycles. The molecule has 1 aliphatic carbocycles. The Kier molecular flexibility index (Phi) is 4.04. The molecular formula is C13H26N2.